The van der Waals surface area contributed by atoms with E-state index in [4.69, 9.17) is 9.47 Å². The molecule has 36 heavy (non-hydrogen) atoms. The van der Waals surface area contributed by atoms with Crippen molar-refractivity contribution in [2.24, 2.45) is 10.9 Å². The molecule has 0 bridgehead atoms. The first kappa shape index (κ1) is 26.9. The van der Waals surface area contributed by atoms with Crippen molar-refractivity contribution >= 4 is 17.2 Å². The maximum atomic E-state index is 14.2. The zero-order chi connectivity index (χ0) is 25.9. The minimum atomic E-state index is -3.19. The summed E-state index contributed by atoms with van der Waals surface area (Å²) in [7, 11) is 0. The molecule has 2 aliphatic heterocycles. The van der Waals surface area contributed by atoms with Crippen molar-refractivity contribution in [2.45, 2.75) is 70.7 Å². The summed E-state index contributed by atoms with van der Waals surface area (Å²) in [5.41, 5.74) is -0.439. The van der Waals surface area contributed by atoms with Gasteiger partial charge in [-0.1, -0.05) is 26.8 Å². The van der Waals surface area contributed by atoms with Gasteiger partial charge in [0.25, 0.3) is 12.3 Å². The Bertz CT molecular complexity index is 1110. The fourth-order valence-corrected chi connectivity index (χ4v) is 5.38. The second kappa shape index (κ2) is 11.5. The van der Waals surface area contributed by atoms with Crippen molar-refractivity contribution in [3.63, 3.8) is 0 Å². The topological polar surface area (TPSA) is 64.9 Å². The summed E-state index contributed by atoms with van der Waals surface area (Å²) in [5.74, 6) is -0.153. The third-order valence-corrected chi connectivity index (χ3v) is 7.94. The first-order valence-electron chi connectivity index (χ1n) is 12.4. The molecule has 0 aliphatic carbocycles. The van der Waals surface area contributed by atoms with Gasteiger partial charge in [-0.25, -0.2) is 13.2 Å². The largest absolute Gasteiger partial charge is 0.492 e. The van der Waals surface area contributed by atoms with Crippen molar-refractivity contribution in [2.75, 3.05) is 26.3 Å². The summed E-state index contributed by atoms with van der Waals surface area (Å²) in [6.45, 7) is 9.59. The van der Waals surface area contributed by atoms with Crippen LogP contribution in [0.5, 0.6) is 5.75 Å². The Hall–Kier alpha value is -2.17. The smallest absolute Gasteiger partial charge is 0.283 e. The van der Waals surface area contributed by atoms with Crippen LogP contribution in [0, 0.1) is 5.92 Å². The molecule has 1 aromatic carbocycles. The van der Waals surface area contributed by atoms with Gasteiger partial charge >= 0.3 is 0 Å². The highest BCUT2D eigenvalue weighted by molar-refractivity contribution is 7.09. The van der Waals surface area contributed by atoms with Crippen molar-refractivity contribution < 1.29 is 27.4 Å². The first-order valence-corrected chi connectivity index (χ1v) is 13.2. The molecule has 0 spiro atoms. The van der Waals surface area contributed by atoms with E-state index >= 15 is 0 Å². The summed E-state index contributed by atoms with van der Waals surface area (Å²) >= 11 is 1.40. The van der Waals surface area contributed by atoms with Crippen LogP contribution in [0.1, 0.15) is 67.0 Å². The fourth-order valence-electron chi connectivity index (χ4n) is 4.32. The van der Waals surface area contributed by atoms with E-state index in [1.165, 1.54) is 23.5 Å². The van der Waals surface area contributed by atoms with E-state index in [0.29, 0.717) is 24.6 Å². The minimum absolute atomic E-state index is 0.0175. The Balaban J connectivity index is 1.69. The standard InChI is InChI=1S/C26H34F3N3O3S/c1-26(2,3)21-14-32(13-18-5-4-10-34-18)25(36-21)31-24(33)19-11-17(22(27)23(28)29)6-7-20(19)35-15-16-8-9-30-12-16/h6-7,11,14,16,18,22-23,30H,4-5,8-10,12-13,15H2,1-3H3/t16-,18-,22?/m1/s1. The van der Waals surface area contributed by atoms with Gasteiger partial charge in [-0.3, -0.25) is 4.79 Å². The van der Waals surface area contributed by atoms with Gasteiger partial charge in [0.1, 0.15) is 5.75 Å². The number of aromatic nitrogens is 1. The zero-order valence-electron chi connectivity index (χ0n) is 20.9. The predicted octanol–water partition coefficient (Wildman–Crippen LogP) is 5.03. The molecule has 1 unspecified atom stereocenters. The third kappa shape index (κ3) is 6.58. The van der Waals surface area contributed by atoms with Crippen molar-refractivity contribution in [3.05, 3.63) is 45.2 Å². The average molecular weight is 526 g/mol. The molecular formula is C26H34F3N3O3S. The van der Waals surface area contributed by atoms with Crippen LogP contribution >= 0.6 is 11.3 Å². The first-order chi connectivity index (χ1) is 17.1. The Morgan fingerprint density at radius 3 is 2.75 bits per heavy atom. The number of halogens is 3. The van der Waals surface area contributed by atoms with E-state index in [2.05, 4.69) is 31.1 Å². The lowest BCUT2D eigenvalue weighted by Crippen LogP contribution is -2.23. The molecule has 3 heterocycles. The van der Waals surface area contributed by atoms with Gasteiger partial charge in [0.05, 0.1) is 24.8 Å². The lowest BCUT2D eigenvalue weighted by molar-refractivity contribution is 0.0494. The zero-order valence-corrected chi connectivity index (χ0v) is 21.8. The highest BCUT2D eigenvalue weighted by atomic mass is 32.1. The fraction of sp³-hybridized carbons (Fsp3) is 0.615. The molecule has 2 aliphatic rings. The average Bonchev–Trinajstić information content (AvgIpc) is 3.60. The SMILES string of the molecule is CC(C)(C)c1cn(C[C@H]2CCCO2)c(=NC(=O)c2cc(C(F)C(F)F)ccc2OC[C@@H]2CCNC2)s1. The number of alkyl halides is 3. The van der Waals surface area contributed by atoms with Gasteiger partial charge in [0, 0.05) is 30.1 Å². The van der Waals surface area contributed by atoms with Gasteiger partial charge in [-0.15, -0.1) is 11.3 Å². The van der Waals surface area contributed by atoms with Crippen LogP contribution in [-0.4, -0.2) is 49.3 Å². The summed E-state index contributed by atoms with van der Waals surface area (Å²) < 4.78 is 53.9. The monoisotopic (exact) mass is 525 g/mol. The van der Waals surface area contributed by atoms with E-state index in [9.17, 15) is 18.0 Å². The van der Waals surface area contributed by atoms with E-state index < -0.39 is 18.5 Å². The summed E-state index contributed by atoms with van der Waals surface area (Å²) in [5, 5.41) is 3.26. The molecule has 1 N–H and O–H groups in total. The maximum Gasteiger partial charge on any atom is 0.283 e. The molecule has 2 saturated heterocycles. The number of carbonyl (C=O) groups is 1. The number of nitrogens with zero attached hydrogens (tertiary/aromatic N) is 2. The van der Waals surface area contributed by atoms with Crippen LogP contribution in [0.2, 0.25) is 0 Å². The van der Waals surface area contributed by atoms with E-state index in [1.807, 2.05) is 10.8 Å². The highest BCUT2D eigenvalue weighted by Crippen LogP contribution is 2.31. The maximum absolute atomic E-state index is 14.2. The quantitative estimate of drug-likeness (QED) is 0.525. The molecule has 2 aromatic rings. The molecule has 3 atom stereocenters. The summed E-state index contributed by atoms with van der Waals surface area (Å²) in [6, 6.07) is 3.79. The molecule has 1 aromatic heterocycles. The number of nitrogens with one attached hydrogen (secondary N) is 1. The van der Waals surface area contributed by atoms with Gasteiger partial charge in [-0.05, 0) is 48.9 Å². The number of benzene rings is 1. The Kier molecular flexibility index (Phi) is 8.57. The van der Waals surface area contributed by atoms with E-state index in [1.54, 1.807) is 0 Å². The normalized spacial score (nSPS) is 21.9. The molecular weight excluding hydrogens is 491 g/mol. The lowest BCUT2D eigenvalue weighted by Gasteiger charge is -2.15. The molecule has 10 heteroatoms. The number of rotatable bonds is 8. The van der Waals surface area contributed by atoms with Crippen LogP contribution in [-0.2, 0) is 16.7 Å². The molecule has 0 radical (unpaired) electrons. The third-order valence-electron chi connectivity index (χ3n) is 6.49. The van der Waals surface area contributed by atoms with Crippen LogP contribution in [0.3, 0.4) is 0 Å². The Morgan fingerprint density at radius 2 is 2.11 bits per heavy atom. The lowest BCUT2D eigenvalue weighted by atomic mass is 9.95. The summed E-state index contributed by atoms with van der Waals surface area (Å²) in [6.07, 6.45) is -0.786. The van der Waals surface area contributed by atoms with Crippen LogP contribution < -0.4 is 14.9 Å². The molecule has 0 saturated carbocycles. The summed E-state index contributed by atoms with van der Waals surface area (Å²) in [4.78, 5) is 19.3. The van der Waals surface area contributed by atoms with Crippen LogP contribution in [0.4, 0.5) is 13.2 Å². The van der Waals surface area contributed by atoms with E-state index in [0.717, 1.165) is 43.3 Å². The number of carbonyl (C=O) groups excluding carboxylic acids is 1. The second-order valence-electron chi connectivity index (χ2n) is 10.5. The highest BCUT2D eigenvalue weighted by Gasteiger charge is 2.26. The Labute approximate surface area is 213 Å². The molecule has 198 valence electrons. The van der Waals surface area contributed by atoms with Crippen LogP contribution in [0.15, 0.2) is 29.4 Å². The molecule has 2 fully saturated rings. The van der Waals surface area contributed by atoms with Crippen molar-refractivity contribution in [1.29, 1.82) is 0 Å². The number of amides is 1. The van der Waals surface area contributed by atoms with Gasteiger partial charge in [0.2, 0.25) is 0 Å². The van der Waals surface area contributed by atoms with Gasteiger partial charge in [-0.2, -0.15) is 4.99 Å². The van der Waals surface area contributed by atoms with Crippen LogP contribution in [0.25, 0.3) is 0 Å². The number of hydrogen-bond acceptors (Lipinski definition) is 5. The Morgan fingerprint density at radius 1 is 1.31 bits per heavy atom. The molecule has 4 rings (SSSR count). The second-order valence-corrected chi connectivity index (χ2v) is 11.5. The van der Waals surface area contributed by atoms with E-state index in [-0.39, 0.29) is 34.3 Å². The number of thiazole rings is 1. The number of hydrogen-bond donors (Lipinski definition) is 1. The predicted molar refractivity (Wildman–Crippen MR) is 133 cm³/mol. The number of ether oxygens (including phenoxy) is 2. The van der Waals surface area contributed by atoms with Crippen molar-refractivity contribution in [3.8, 4) is 5.75 Å². The molecule has 1 amide bonds. The van der Waals surface area contributed by atoms with Gasteiger partial charge < -0.3 is 19.4 Å². The van der Waals surface area contributed by atoms with Gasteiger partial charge in [0.15, 0.2) is 11.0 Å². The molecule has 6 nitrogen and oxygen atoms in total. The minimum Gasteiger partial charge on any atom is -0.492 e. The van der Waals surface area contributed by atoms with Crippen molar-refractivity contribution in [1.82, 2.24) is 9.88 Å².